The van der Waals surface area contributed by atoms with Crippen LogP contribution >= 0.6 is 0 Å². The summed E-state index contributed by atoms with van der Waals surface area (Å²) in [4.78, 5) is 24.0. The lowest BCUT2D eigenvalue weighted by Gasteiger charge is -2.52. The fourth-order valence-electron chi connectivity index (χ4n) is 4.66. The molecule has 24 heavy (non-hydrogen) atoms. The molecule has 1 aliphatic heterocycles. The molecule has 4 nitrogen and oxygen atoms in total. The number of esters is 2. The summed E-state index contributed by atoms with van der Waals surface area (Å²) in [5.74, 6) is 0.490. The second-order valence-electron chi connectivity index (χ2n) is 8.03. The second-order valence-corrected chi connectivity index (χ2v) is 8.03. The quantitative estimate of drug-likeness (QED) is 0.567. The van der Waals surface area contributed by atoms with Crippen LogP contribution in [0.5, 0.6) is 0 Å². The van der Waals surface area contributed by atoms with Gasteiger partial charge < -0.3 is 9.47 Å². The molecular formula is C20H28O4. The molecule has 3 rings (SSSR count). The van der Waals surface area contributed by atoms with Crippen molar-refractivity contribution in [2.45, 2.75) is 72.5 Å². The Labute approximate surface area is 144 Å². The van der Waals surface area contributed by atoms with Gasteiger partial charge >= 0.3 is 11.9 Å². The van der Waals surface area contributed by atoms with Gasteiger partial charge in [-0.3, -0.25) is 0 Å². The zero-order valence-electron chi connectivity index (χ0n) is 15.3. The van der Waals surface area contributed by atoms with Crippen LogP contribution in [0.1, 0.15) is 60.3 Å². The van der Waals surface area contributed by atoms with E-state index >= 15 is 0 Å². The molecule has 3 aliphatic rings. The minimum Gasteiger partial charge on any atom is -0.459 e. The molecule has 0 amide bonds. The molecule has 0 saturated heterocycles. The van der Waals surface area contributed by atoms with Crippen LogP contribution in [0.25, 0.3) is 0 Å². The summed E-state index contributed by atoms with van der Waals surface area (Å²) in [6, 6.07) is 0. The molecule has 0 bridgehead atoms. The summed E-state index contributed by atoms with van der Waals surface area (Å²) < 4.78 is 11.3. The fraction of sp³-hybridized carbons (Fsp3) is 0.700. The maximum absolute atomic E-state index is 12.1. The lowest BCUT2D eigenvalue weighted by atomic mass is 9.54. The zero-order chi connectivity index (χ0) is 17.6. The molecule has 0 spiro atoms. The summed E-state index contributed by atoms with van der Waals surface area (Å²) in [6.07, 6.45) is 5.23. The number of hydrogen-bond acceptors (Lipinski definition) is 4. The number of fused-ring (bicyclic) bond motifs is 2. The van der Waals surface area contributed by atoms with E-state index < -0.39 is 0 Å². The van der Waals surface area contributed by atoms with Crippen molar-refractivity contribution < 1.29 is 19.1 Å². The van der Waals surface area contributed by atoms with Crippen LogP contribution in [-0.2, 0) is 19.1 Å². The van der Waals surface area contributed by atoms with E-state index in [4.69, 9.17) is 9.47 Å². The summed E-state index contributed by atoms with van der Waals surface area (Å²) in [6.45, 7) is 10.1. The smallest absolute Gasteiger partial charge is 0.334 e. The molecule has 0 aromatic rings. The Hall–Kier alpha value is -1.58. The molecule has 2 saturated carbocycles. The third kappa shape index (κ3) is 2.70. The standard InChI is InChI=1S/C20H28O4/c1-6-11(2)18(21)23-15-7-12(3)20(5)10-16-13(4)19(22)24-17(16)9-14(20)8-15/h6,12,14-15,17H,7-10H2,1-5H3/b11-6-/t12-,14+,15+,17+,20+/m0/s1. The second kappa shape index (κ2) is 6.05. The van der Waals surface area contributed by atoms with Crippen molar-refractivity contribution >= 4 is 11.9 Å². The number of hydrogen-bond donors (Lipinski definition) is 0. The van der Waals surface area contributed by atoms with Crippen LogP contribution in [0.3, 0.4) is 0 Å². The Kier molecular flexibility index (Phi) is 4.35. The minimum atomic E-state index is -0.210. The molecule has 2 aliphatic carbocycles. The van der Waals surface area contributed by atoms with Gasteiger partial charge in [0.25, 0.3) is 0 Å². The Morgan fingerprint density at radius 3 is 2.71 bits per heavy atom. The number of rotatable bonds is 2. The molecule has 0 aromatic carbocycles. The van der Waals surface area contributed by atoms with Crippen LogP contribution < -0.4 is 0 Å². The summed E-state index contributed by atoms with van der Waals surface area (Å²) in [5.41, 5.74) is 2.82. The van der Waals surface area contributed by atoms with Crippen molar-refractivity contribution in [1.82, 2.24) is 0 Å². The van der Waals surface area contributed by atoms with Crippen LogP contribution in [-0.4, -0.2) is 24.1 Å². The maximum atomic E-state index is 12.1. The third-order valence-electron chi connectivity index (χ3n) is 6.75. The van der Waals surface area contributed by atoms with E-state index in [1.807, 2.05) is 13.8 Å². The van der Waals surface area contributed by atoms with Gasteiger partial charge in [0.1, 0.15) is 12.2 Å². The van der Waals surface area contributed by atoms with Gasteiger partial charge in [-0.25, -0.2) is 9.59 Å². The van der Waals surface area contributed by atoms with Crippen molar-refractivity contribution in [2.24, 2.45) is 17.3 Å². The van der Waals surface area contributed by atoms with Crippen molar-refractivity contribution in [3.63, 3.8) is 0 Å². The van der Waals surface area contributed by atoms with Crippen LogP contribution in [0.15, 0.2) is 22.8 Å². The molecule has 0 unspecified atom stereocenters. The highest BCUT2D eigenvalue weighted by Crippen LogP contribution is 2.57. The van der Waals surface area contributed by atoms with Crippen molar-refractivity contribution in [2.75, 3.05) is 0 Å². The molecule has 0 N–H and O–H groups in total. The average Bonchev–Trinajstić information content (AvgIpc) is 2.80. The largest absolute Gasteiger partial charge is 0.459 e. The van der Waals surface area contributed by atoms with Crippen molar-refractivity contribution in [3.8, 4) is 0 Å². The van der Waals surface area contributed by atoms with Gasteiger partial charge in [-0.15, -0.1) is 0 Å². The fourth-order valence-corrected chi connectivity index (χ4v) is 4.66. The topological polar surface area (TPSA) is 52.6 Å². The van der Waals surface area contributed by atoms with Gasteiger partial charge in [-0.05, 0) is 69.3 Å². The van der Waals surface area contributed by atoms with Crippen molar-refractivity contribution in [1.29, 1.82) is 0 Å². The summed E-state index contributed by atoms with van der Waals surface area (Å²) >= 11 is 0. The molecule has 5 atom stereocenters. The van der Waals surface area contributed by atoms with E-state index in [9.17, 15) is 9.59 Å². The number of ether oxygens (including phenoxy) is 2. The normalized spacial score (nSPS) is 39.2. The average molecular weight is 332 g/mol. The van der Waals surface area contributed by atoms with Gasteiger partial charge in [0, 0.05) is 11.1 Å². The van der Waals surface area contributed by atoms with Gasteiger partial charge in [0.2, 0.25) is 0 Å². The van der Waals surface area contributed by atoms with Gasteiger partial charge in [0.15, 0.2) is 0 Å². The van der Waals surface area contributed by atoms with Crippen molar-refractivity contribution in [3.05, 3.63) is 22.8 Å². The van der Waals surface area contributed by atoms with Crippen LogP contribution in [0.2, 0.25) is 0 Å². The molecule has 2 fully saturated rings. The first-order chi connectivity index (χ1) is 11.3. The summed E-state index contributed by atoms with van der Waals surface area (Å²) in [7, 11) is 0. The number of carbonyl (C=O) groups is 2. The first-order valence-corrected chi connectivity index (χ1v) is 9.00. The lowest BCUT2D eigenvalue weighted by molar-refractivity contribution is -0.154. The molecule has 1 heterocycles. The first-order valence-electron chi connectivity index (χ1n) is 9.00. The van der Waals surface area contributed by atoms with Gasteiger partial charge in [-0.2, -0.15) is 0 Å². The highest BCUT2D eigenvalue weighted by molar-refractivity contribution is 5.91. The van der Waals surface area contributed by atoms with E-state index in [-0.39, 0.29) is 29.6 Å². The maximum Gasteiger partial charge on any atom is 0.334 e. The van der Waals surface area contributed by atoms with E-state index in [1.54, 1.807) is 13.0 Å². The van der Waals surface area contributed by atoms with E-state index in [0.29, 0.717) is 17.4 Å². The highest BCUT2D eigenvalue weighted by atomic mass is 16.6. The SMILES string of the molecule is C/C=C(/C)C(=O)O[C@H]1C[C@@H]2C[C@H]3OC(=O)C(C)=C3C[C@]2(C)[C@@H](C)C1. The predicted molar refractivity (Wildman–Crippen MR) is 91.1 cm³/mol. The Morgan fingerprint density at radius 2 is 2.04 bits per heavy atom. The number of carbonyl (C=O) groups excluding carboxylic acids is 2. The van der Waals surface area contributed by atoms with E-state index in [1.165, 1.54) is 5.57 Å². The Bertz CT molecular complexity index is 630. The summed E-state index contributed by atoms with van der Waals surface area (Å²) in [5, 5.41) is 0. The van der Waals surface area contributed by atoms with Crippen LogP contribution in [0.4, 0.5) is 0 Å². The predicted octanol–water partition coefficient (Wildman–Crippen LogP) is 3.95. The molecule has 132 valence electrons. The monoisotopic (exact) mass is 332 g/mol. The van der Waals surface area contributed by atoms with Gasteiger partial charge in [-0.1, -0.05) is 19.9 Å². The Balaban J connectivity index is 1.77. The molecule has 0 radical (unpaired) electrons. The molecule has 4 heteroatoms. The van der Waals surface area contributed by atoms with E-state index in [0.717, 1.165) is 31.3 Å². The third-order valence-corrected chi connectivity index (χ3v) is 6.75. The lowest BCUT2D eigenvalue weighted by Crippen LogP contribution is -2.48. The molecular weight excluding hydrogens is 304 g/mol. The number of allylic oxidation sites excluding steroid dienone is 1. The molecule has 0 aromatic heterocycles. The van der Waals surface area contributed by atoms with E-state index in [2.05, 4.69) is 13.8 Å². The Morgan fingerprint density at radius 1 is 1.33 bits per heavy atom. The minimum absolute atomic E-state index is 0.0378. The zero-order valence-corrected chi connectivity index (χ0v) is 15.3. The first kappa shape index (κ1) is 17.2. The highest BCUT2D eigenvalue weighted by Gasteiger charge is 2.53. The van der Waals surface area contributed by atoms with Crippen LogP contribution in [0, 0.1) is 17.3 Å². The van der Waals surface area contributed by atoms with Gasteiger partial charge in [0.05, 0.1) is 0 Å².